The molecule has 0 saturated heterocycles. The first-order valence-corrected chi connectivity index (χ1v) is 11.0. The highest BCUT2D eigenvalue weighted by Gasteiger charge is 2.33. The highest BCUT2D eigenvalue weighted by Crippen LogP contribution is 2.42. The van der Waals surface area contributed by atoms with E-state index in [0.717, 1.165) is 23.4 Å². The Labute approximate surface area is 189 Å². The van der Waals surface area contributed by atoms with Gasteiger partial charge in [-0.3, -0.25) is 9.69 Å². The van der Waals surface area contributed by atoms with Crippen LogP contribution in [0.5, 0.6) is 11.5 Å². The standard InChI is InChI=1S/C28H27NO3/c1-28(2,3)21-11-9-19(10-12-21)15-25-26(30)22-13-14-24-23(27(22)32-25)17-29(18-31-24)16-20-7-5-4-6-8-20/h4-15H,16-18H2,1-3H3/b25-15-. The molecule has 2 aliphatic heterocycles. The van der Waals surface area contributed by atoms with Gasteiger partial charge in [0.25, 0.3) is 0 Å². The van der Waals surface area contributed by atoms with Gasteiger partial charge in [-0.25, -0.2) is 0 Å². The molecule has 0 N–H and O–H groups in total. The summed E-state index contributed by atoms with van der Waals surface area (Å²) < 4.78 is 12.1. The number of Topliss-reactive ketones (excluding diaryl/α,β-unsaturated/α-hetero) is 1. The van der Waals surface area contributed by atoms with Crippen LogP contribution in [0.15, 0.2) is 72.5 Å². The fraction of sp³-hybridized carbons (Fsp3) is 0.250. The predicted molar refractivity (Wildman–Crippen MR) is 126 cm³/mol. The lowest BCUT2D eigenvalue weighted by molar-refractivity contribution is 0.0873. The van der Waals surface area contributed by atoms with Crippen molar-refractivity contribution < 1.29 is 14.3 Å². The van der Waals surface area contributed by atoms with Crippen molar-refractivity contribution in [1.82, 2.24) is 4.90 Å². The molecule has 3 aromatic rings. The minimum absolute atomic E-state index is 0.0807. The second-order valence-corrected chi connectivity index (χ2v) is 9.48. The third kappa shape index (κ3) is 3.94. The maximum atomic E-state index is 13.0. The lowest BCUT2D eigenvalue weighted by atomic mass is 9.86. The molecule has 0 amide bonds. The van der Waals surface area contributed by atoms with Crippen LogP contribution >= 0.6 is 0 Å². The summed E-state index contributed by atoms with van der Waals surface area (Å²) in [5.74, 6) is 1.69. The molecule has 0 aliphatic carbocycles. The molecule has 0 unspecified atom stereocenters. The minimum atomic E-state index is -0.0807. The molecule has 4 nitrogen and oxygen atoms in total. The van der Waals surface area contributed by atoms with Crippen LogP contribution in [0, 0.1) is 0 Å². The van der Waals surface area contributed by atoms with E-state index in [-0.39, 0.29) is 11.2 Å². The van der Waals surface area contributed by atoms with E-state index in [0.29, 0.717) is 30.3 Å². The average molecular weight is 426 g/mol. The van der Waals surface area contributed by atoms with Gasteiger partial charge in [0, 0.05) is 13.1 Å². The van der Waals surface area contributed by atoms with E-state index in [2.05, 4.69) is 49.9 Å². The largest absolute Gasteiger partial charge is 0.478 e. The zero-order valence-corrected chi connectivity index (χ0v) is 18.7. The Kier molecular flexibility index (Phi) is 5.10. The van der Waals surface area contributed by atoms with Gasteiger partial charge in [-0.15, -0.1) is 0 Å². The molecule has 0 spiro atoms. The van der Waals surface area contributed by atoms with Gasteiger partial charge >= 0.3 is 0 Å². The number of hydrogen-bond donors (Lipinski definition) is 0. The van der Waals surface area contributed by atoms with Crippen LogP contribution in [0.3, 0.4) is 0 Å². The molecule has 0 radical (unpaired) electrons. The van der Waals surface area contributed by atoms with Gasteiger partial charge in [0.2, 0.25) is 5.78 Å². The molecule has 0 bridgehead atoms. The van der Waals surface area contributed by atoms with E-state index in [9.17, 15) is 4.79 Å². The van der Waals surface area contributed by atoms with Crippen molar-refractivity contribution in [2.75, 3.05) is 6.73 Å². The van der Waals surface area contributed by atoms with E-state index in [1.54, 1.807) is 0 Å². The first-order chi connectivity index (χ1) is 15.4. The molecule has 5 rings (SSSR count). The summed E-state index contributed by atoms with van der Waals surface area (Å²) in [4.78, 5) is 15.2. The number of carbonyl (C=O) groups is 1. The molecule has 162 valence electrons. The fourth-order valence-electron chi connectivity index (χ4n) is 4.18. The zero-order chi connectivity index (χ0) is 22.3. The van der Waals surface area contributed by atoms with E-state index < -0.39 is 0 Å². The summed E-state index contributed by atoms with van der Waals surface area (Å²) in [7, 11) is 0. The SMILES string of the molecule is CC(C)(C)c1ccc(/C=C2\Oc3c(ccc4c3CN(Cc3ccccc3)CO4)C2=O)cc1. The van der Waals surface area contributed by atoms with Crippen LogP contribution in [-0.4, -0.2) is 17.4 Å². The van der Waals surface area contributed by atoms with Crippen LogP contribution in [-0.2, 0) is 18.5 Å². The third-order valence-corrected chi connectivity index (χ3v) is 6.01. The molecule has 0 aromatic heterocycles. The second-order valence-electron chi connectivity index (χ2n) is 9.48. The Morgan fingerprint density at radius 1 is 0.969 bits per heavy atom. The van der Waals surface area contributed by atoms with Crippen molar-refractivity contribution in [3.05, 3.63) is 100 Å². The maximum absolute atomic E-state index is 13.0. The predicted octanol–water partition coefficient (Wildman–Crippen LogP) is 5.95. The monoisotopic (exact) mass is 425 g/mol. The Hall–Kier alpha value is -3.37. The summed E-state index contributed by atoms with van der Waals surface area (Å²) in [6, 6.07) is 22.3. The smallest absolute Gasteiger partial charge is 0.231 e. The lowest BCUT2D eigenvalue weighted by Crippen LogP contribution is -2.31. The maximum Gasteiger partial charge on any atom is 0.231 e. The molecule has 0 saturated carbocycles. The average Bonchev–Trinajstić information content (AvgIpc) is 3.10. The van der Waals surface area contributed by atoms with Gasteiger partial charge in [0.05, 0.1) is 11.1 Å². The number of ketones is 1. The van der Waals surface area contributed by atoms with Crippen molar-refractivity contribution in [2.45, 2.75) is 39.3 Å². The van der Waals surface area contributed by atoms with E-state index in [4.69, 9.17) is 9.47 Å². The summed E-state index contributed by atoms with van der Waals surface area (Å²) in [5, 5.41) is 0. The van der Waals surface area contributed by atoms with Crippen molar-refractivity contribution in [1.29, 1.82) is 0 Å². The molecule has 0 atom stereocenters. The number of ether oxygens (including phenoxy) is 2. The molecule has 2 aliphatic rings. The van der Waals surface area contributed by atoms with Crippen LogP contribution in [0.4, 0.5) is 0 Å². The summed E-state index contributed by atoms with van der Waals surface area (Å²) in [5.41, 5.74) is 5.06. The van der Waals surface area contributed by atoms with Crippen LogP contribution in [0.25, 0.3) is 6.08 Å². The summed E-state index contributed by atoms with van der Waals surface area (Å²) in [6.07, 6.45) is 1.83. The van der Waals surface area contributed by atoms with Gasteiger partial charge in [-0.05, 0) is 40.3 Å². The zero-order valence-electron chi connectivity index (χ0n) is 18.7. The minimum Gasteiger partial charge on any atom is -0.478 e. The Bertz CT molecular complexity index is 1190. The molecule has 3 aromatic carbocycles. The Morgan fingerprint density at radius 3 is 2.44 bits per heavy atom. The van der Waals surface area contributed by atoms with Crippen LogP contribution < -0.4 is 9.47 Å². The Morgan fingerprint density at radius 2 is 1.72 bits per heavy atom. The molecule has 4 heteroatoms. The molecule has 0 fully saturated rings. The van der Waals surface area contributed by atoms with Gasteiger partial charge in [0.1, 0.15) is 18.2 Å². The van der Waals surface area contributed by atoms with Crippen LogP contribution in [0.1, 0.15) is 53.4 Å². The van der Waals surface area contributed by atoms with Crippen molar-refractivity contribution >= 4 is 11.9 Å². The van der Waals surface area contributed by atoms with E-state index in [1.165, 1.54) is 11.1 Å². The number of carbonyl (C=O) groups excluding carboxylic acids is 1. The van der Waals surface area contributed by atoms with Gasteiger partial charge in [-0.2, -0.15) is 0 Å². The number of fused-ring (bicyclic) bond motifs is 3. The first kappa shape index (κ1) is 20.5. The number of allylic oxidation sites excluding steroid dienone is 1. The highest BCUT2D eigenvalue weighted by atomic mass is 16.5. The molecule has 2 heterocycles. The summed E-state index contributed by atoms with van der Waals surface area (Å²) in [6.45, 7) is 8.53. The second kappa shape index (κ2) is 7.95. The van der Waals surface area contributed by atoms with Gasteiger partial charge in [-0.1, -0.05) is 75.4 Å². The van der Waals surface area contributed by atoms with E-state index >= 15 is 0 Å². The fourth-order valence-corrected chi connectivity index (χ4v) is 4.18. The van der Waals surface area contributed by atoms with E-state index in [1.807, 2.05) is 48.5 Å². The number of nitrogens with zero attached hydrogens (tertiary/aromatic N) is 1. The quantitative estimate of drug-likeness (QED) is 0.486. The summed E-state index contributed by atoms with van der Waals surface area (Å²) >= 11 is 0. The third-order valence-electron chi connectivity index (χ3n) is 6.01. The molecular weight excluding hydrogens is 398 g/mol. The number of benzene rings is 3. The number of hydrogen-bond acceptors (Lipinski definition) is 4. The first-order valence-electron chi connectivity index (χ1n) is 11.0. The highest BCUT2D eigenvalue weighted by molar-refractivity contribution is 6.15. The molecule has 32 heavy (non-hydrogen) atoms. The van der Waals surface area contributed by atoms with Crippen molar-refractivity contribution in [2.24, 2.45) is 0 Å². The Balaban J connectivity index is 1.40. The van der Waals surface area contributed by atoms with Crippen molar-refractivity contribution in [3.63, 3.8) is 0 Å². The van der Waals surface area contributed by atoms with Gasteiger partial charge < -0.3 is 9.47 Å². The van der Waals surface area contributed by atoms with Crippen LogP contribution in [0.2, 0.25) is 0 Å². The lowest BCUT2D eigenvalue weighted by Gasteiger charge is -2.29. The topological polar surface area (TPSA) is 38.8 Å². The molecular formula is C28H27NO3. The number of rotatable bonds is 3. The van der Waals surface area contributed by atoms with Gasteiger partial charge in [0.15, 0.2) is 5.76 Å². The van der Waals surface area contributed by atoms with Crippen molar-refractivity contribution in [3.8, 4) is 11.5 Å². The normalized spacial score (nSPS) is 17.0.